The predicted molar refractivity (Wildman–Crippen MR) is 167 cm³/mol. The van der Waals surface area contributed by atoms with Gasteiger partial charge in [0.2, 0.25) is 11.9 Å². The molecule has 3 N–H and O–H groups in total. The van der Waals surface area contributed by atoms with Crippen LogP contribution in [-0.2, 0) is 4.79 Å². The lowest BCUT2D eigenvalue weighted by atomic mass is 10.0. The Labute approximate surface area is 251 Å². The van der Waals surface area contributed by atoms with Crippen LogP contribution in [0.3, 0.4) is 0 Å². The van der Waals surface area contributed by atoms with E-state index < -0.39 is 11.7 Å². The summed E-state index contributed by atoms with van der Waals surface area (Å²) < 4.78 is 21.5. The van der Waals surface area contributed by atoms with E-state index in [1.807, 2.05) is 43.0 Å². The molecule has 0 spiro atoms. The minimum absolute atomic E-state index is 0.0560. The molecule has 1 aromatic heterocycles. The van der Waals surface area contributed by atoms with Crippen LogP contribution in [0, 0.1) is 17.1 Å². The molecule has 2 fully saturated rings. The number of amides is 1. The van der Waals surface area contributed by atoms with E-state index in [0.717, 1.165) is 45.1 Å². The van der Waals surface area contributed by atoms with Crippen molar-refractivity contribution in [1.82, 2.24) is 14.9 Å². The number of benzene rings is 2. The zero-order valence-electron chi connectivity index (χ0n) is 24.6. The SMILES string of the molecule is C=CC(=O)Nc1cc(N2CCC(N3CCCC3)CC2)c(F)cc1Nc1ncc(C#N)c(Nc2ccccc2OC(C)C)n1. The highest BCUT2D eigenvalue weighted by molar-refractivity contribution is 6.02. The second-order valence-corrected chi connectivity index (χ2v) is 11.0. The molecule has 0 saturated carbocycles. The van der Waals surface area contributed by atoms with Gasteiger partial charge in [0.15, 0.2) is 5.82 Å². The van der Waals surface area contributed by atoms with Crippen molar-refractivity contribution < 1.29 is 13.9 Å². The van der Waals surface area contributed by atoms with E-state index in [9.17, 15) is 10.1 Å². The van der Waals surface area contributed by atoms with Crippen molar-refractivity contribution in [2.45, 2.75) is 51.7 Å². The fraction of sp³-hybridized carbons (Fsp3) is 0.375. The third-order valence-corrected chi connectivity index (χ3v) is 7.65. The molecule has 0 bridgehead atoms. The fourth-order valence-electron chi connectivity index (χ4n) is 5.57. The second-order valence-electron chi connectivity index (χ2n) is 11.0. The number of anilines is 6. The molecule has 3 heterocycles. The first-order valence-corrected chi connectivity index (χ1v) is 14.7. The Morgan fingerprint density at radius 3 is 2.56 bits per heavy atom. The number of likely N-dealkylation sites (tertiary alicyclic amines) is 1. The van der Waals surface area contributed by atoms with Crippen molar-refractivity contribution >= 4 is 40.4 Å². The summed E-state index contributed by atoms with van der Waals surface area (Å²) in [6, 6.07) is 12.9. The molecule has 2 aromatic carbocycles. The Bertz CT molecular complexity index is 1510. The van der Waals surface area contributed by atoms with Gasteiger partial charge in [0.25, 0.3) is 0 Å². The summed E-state index contributed by atoms with van der Waals surface area (Å²) in [5, 5.41) is 18.7. The molecular formula is C32H37FN8O2. The quantitative estimate of drug-likeness (QED) is 0.248. The van der Waals surface area contributed by atoms with Crippen LogP contribution in [0.2, 0.25) is 0 Å². The Balaban J connectivity index is 1.40. The average Bonchev–Trinajstić information content (AvgIpc) is 3.55. The summed E-state index contributed by atoms with van der Waals surface area (Å²) in [7, 11) is 0. The number of carbonyl (C=O) groups is 1. The van der Waals surface area contributed by atoms with Gasteiger partial charge in [-0.1, -0.05) is 18.7 Å². The zero-order valence-corrected chi connectivity index (χ0v) is 24.6. The van der Waals surface area contributed by atoms with E-state index in [1.54, 1.807) is 6.07 Å². The van der Waals surface area contributed by atoms with Crippen LogP contribution in [0.25, 0.3) is 0 Å². The van der Waals surface area contributed by atoms with Crippen LogP contribution >= 0.6 is 0 Å². The number of halogens is 1. The van der Waals surface area contributed by atoms with Crippen molar-refractivity contribution in [2.24, 2.45) is 0 Å². The smallest absolute Gasteiger partial charge is 0.247 e. The number of nitrogens with one attached hydrogen (secondary N) is 3. The van der Waals surface area contributed by atoms with Gasteiger partial charge in [-0.15, -0.1) is 0 Å². The number of hydrogen-bond donors (Lipinski definition) is 3. The van der Waals surface area contributed by atoms with Crippen LogP contribution in [0.4, 0.5) is 38.9 Å². The third kappa shape index (κ3) is 7.21. The molecule has 0 unspecified atom stereocenters. The molecule has 224 valence electrons. The molecule has 5 rings (SSSR count). The maximum atomic E-state index is 15.6. The van der Waals surface area contributed by atoms with Crippen molar-refractivity contribution in [2.75, 3.05) is 47.0 Å². The van der Waals surface area contributed by atoms with Crippen LogP contribution in [-0.4, -0.2) is 59.1 Å². The normalized spacial score (nSPS) is 15.7. The van der Waals surface area contributed by atoms with E-state index in [2.05, 4.69) is 43.5 Å². The second kappa shape index (κ2) is 13.5. The van der Waals surface area contributed by atoms with Crippen molar-refractivity contribution in [3.8, 4) is 11.8 Å². The number of hydrogen-bond acceptors (Lipinski definition) is 9. The van der Waals surface area contributed by atoms with Crippen molar-refractivity contribution in [3.05, 3.63) is 66.6 Å². The highest BCUT2D eigenvalue weighted by atomic mass is 19.1. The van der Waals surface area contributed by atoms with Gasteiger partial charge in [-0.3, -0.25) is 4.79 Å². The lowest BCUT2D eigenvalue weighted by Crippen LogP contribution is -2.44. The number of carbonyl (C=O) groups excluding carboxylic acids is 1. The van der Waals surface area contributed by atoms with E-state index >= 15 is 4.39 Å². The van der Waals surface area contributed by atoms with Crippen LogP contribution in [0.5, 0.6) is 5.75 Å². The van der Waals surface area contributed by atoms with Gasteiger partial charge < -0.3 is 30.5 Å². The van der Waals surface area contributed by atoms with Crippen molar-refractivity contribution in [3.63, 3.8) is 0 Å². The summed E-state index contributed by atoms with van der Waals surface area (Å²) in [6.07, 6.45) is 6.90. The molecule has 3 aromatic rings. The lowest BCUT2D eigenvalue weighted by molar-refractivity contribution is -0.111. The molecular weight excluding hydrogens is 547 g/mol. The van der Waals surface area contributed by atoms with Gasteiger partial charge in [-0.05, 0) is 76.9 Å². The summed E-state index contributed by atoms with van der Waals surface area (Å²) >= 11 is 0. The Morgan fingerprint density at radius 2 is 1.86 bits per heavy atom. The Morgan fingerprint density at radius 1 is 1.12 bits per heavy atom. The van der Waals surface area contributed by atoms with Gasteiger partial charge >= 0.3 is 0 Å². The molecule has 2 aliphatic rings. The fourth-order valence-corrected chi connectivity index (χ4v) is 5.57. The molecule has 2 aliphatic heterocycles. The first-order chi connectivity index (χ1) is 20.8. The first kappa shape index (κ1) is 29.8. The van der Waals surface area contributed by atoms with Gasteiger partial charge in [-0.25, -0.2) is 9.37 Å². The predicted octanol–water partition coefficient (Wildman–Crippen LogP) is 5.95. The standard InChI is InChI=1S/C32H37FN8O2/c1-4-30(42)36-27-18-28(41-15-11-23(12-16-41)40-13-7-8-14-40)24(33)17-26(27)38-32-35-20-22(19-34)31(39-32)37-25-9-5-6-10-29(25)43-21(2)3/h4-6,9-10,17-18,20-21,23H,1,7-8,11-16H2,2-3H3,(H,36,42)(H2,35,37,38,39). The number of piperidine rings is 1. The molecule has 0 atom stereocenters. The van der Waals surface area contributed by atoms with Crippen LogP contribution in [0.1, 0.15) is 45.1 Å². The van der Waals surface area contributed by atoms with Crippen LogP contribution < -0.4 is 25.6 Å². The number of ether oxygens (including phenoxy) is 1. The maximum absolute atomic E-state index is 15.6. The minimum Gasteiger partial charge on any atom is -0.489 e. The number of aromatic nitrogens is 2. The topological polar surface area (TPSA) is 118 Å². The molecule has 0 aliphatic carbocycles. The molecule has 0 radical (unpaired) electrons. The highest BCUT2D eigenvalue weighted by Gasteiger charge is 2.28. The van der Waals surface area contributed by atoms with E-state index in [4.69, 9.17) is 4.74 Å². The highest BCUT2D eigenvalue weighted by Crippen LogP contribution is 2.35. The molecule has 2 saturated heterocycles. The molecule has 10 nitrogen and oxygen atoms in total. The van der Waals surface area contributed by atoms with Gasteiger partial charge in [0, 0.05) is 25.2 Å². The van der Waals surface area contributed by atoms with E-state index in [1.165, 1.54) is 25.1 Å². The van der Waals surface area contributed by atoms with Gasteiger partial charge in [0.1, 0.15) is 23.2 Å². The average molecular weight is 585 g/mol. The first-order valence-electron chi connectivity index (χ1n) is 14.7. The summed E-state index contributed by atoms with van der Waals surface area (Å²) in [5.41, 5.74) is 1.89. The van der Waals surface area contributed by atoms with E-state index in [-0.39, 0.29) is 29.1 Å². The summed E-state index contributed by atoms with van der Waals surface area (Å²) in [4.78, 5) is 25.7. The molecule has 1 amide bonds. The number of rotatable bonds is 10. The Kier molecular flexibility index (Phi) is 9.37. The van der Waals surface area contributed by atoms with Gasteiger partial charge in [-0.2, -0.15) is 10.2 Å². The number of nitrogens with zero attached hydrogens (tertiary/aromatic N) is 5. The maximum Gasteiger partial charge on any atom is 0.247 e. The van der Waals surface area contributed by atoms with E-state index in [0.29, 0.717) is 28.9 Å². The Hall–Kier alpha value is -4.69. The zero-order chi connectivity index (χ0) is 30.3. The summed E-state index contributed by atoms with van der Waals surface area (Å²) in [6.45, 7) is 11.1. The minimum atomic E-state index is -0.432. The summed E-state index contributed by atoms with van der Waals surface area (Å²) in [5.74, 6) is 0.0978. The molecule has 11 heteroatoms. The number of para-hydroxylation sites is 2. The lowest BCUT2D eigenvalue weighted by Gasteiger charge is -2.38. The number of nitriles is 1. The van der Waals surface area contributed by atoms with Gasteiger partial charge in [0.05, 0.1) is 35.1 Å². The monoisotopic (exact) mass is 584 g/mol. The third-order valence-electron chi connectivity index (χ3n) is 7.65. The van der Waals surface area contributed by atoms with Crippen LogP contribution in [0.15, 0.2) is 55.3 Å². The van der Waals surface area contributed by atoms with Crippen molar-refractivity contribution in [1.29, 1.82) is 5.26 Å². The molecule has 43 heavy (non-hydrogen) atoms. The largest absolute Gasteiger partial charge is 0.489 e.